The first kappa shape index (κ1) is 14.5. The average molecular weight is 287 g/mol. The van der Waals surface area contributed by atoms with Crippen LogP contribution in [0.1, 0.15) is 31.2 Å². The zero-order valence-corrected chi connectivity index (χ0v) is 12.8. The number of carbonyl (C=O) groups excluding carboxylic acids is 1. The topological polar surface area (TPSA) is 49.6 Å². The average Bonchev–Trinajstić information content (AvgIpc) is 2.98. The van der Waals surface area contributed by atoms with Gasteiger partial charge in [0.05, 0.1) is 6.54 Å². The third kappa shape index (κ3) is 2.70. The van der Waals surface area contributed by atoms with Crippen molar-refractivity contribution in [2.45, 2.75) is 31.1 Å². The van der Waals surface area contributed by atoms with E-state index in [4.69, 9.17) is 5.73 Å². The predicted octanol–water partition coefficient (Wildman–Crippen LogP) is 1.74. The van der Waals surface area contributed by atoms with Crippen molar-refractivity contribution in [1.82, 2.24) is 4.90 Å². The van der Waals surface area contributed by atoms with E-state index in [0.29, 0.717) is 6.54 Å². The second-order valence-electron chi connectivity index (χ2n) is 6.52. The number of anilines is 1. The Morgan fingerprint density at radius 3 is 2.38 bits per heavy atom. The molecular weight excluding hydrogens is 262 g/mol. The Labute approximate surface area is 126 Å². The second kappa shape index (κ2) is 5.78. The van der Waals surface area contributed by atoms with Crippen LogP contribution >= 0.6 is 0 Å². The summed E-state index contributed by atoms with van der Waals surface area (Å²) in [6.07, 6.45) is 4.93. The number of benzene rings is 1. The quantitative estimate of drug-likeness (QED) is 0.921. The molecule has 2 aliphatic rings. The summed E-state index contributed by atoms with van der Waals surface area (Å²) in [6, 6.07) is 8.54. The van der Waals surface area contributed by atoms with Crippen LogP contribution in [0.4, 0.5) is 5.69 Å². The van der Waals surface area contributed by atoms with Crippen LogP contribution in [-0.2, 0) is 10.2 Å². The van der Waals surface area contributed by atoms with Gasteiger partial charge in [-0.25, -0.2) is 0 Å². The molecule has 21 heavy (non-hydrogen) atoms. The van der Waals surface area contributed by atoms with Crippen molar-refractivity contribution in [2.75, 3.05) is 38.1 Å². The summed E-state index contributed by atoms with van der Waals surface area (Å²) >= 11 is 0. The van der Waals surface area contributed by atoms with Gasteiger partial charge in [-0.05, 0) is 37.6 Å². The molecule has 1 aliphatic carbocycles. The third-order valence-corrected chi connectivity index (χ3v) is 5.15. The van der Waals surface area contributed by atoms with Gasteiger partial charge in [-0.2, -0.15) is 0 Å². The molecule has 2 fully saturated rings. The highest BCUT2D eigenvalue weighted by Crippen LogP contribution is 2.40. The molecule has 4 nitrogen and oxygen atoms in total. The summed E-state index contributed by atoms with van der Waals surface area (Å²) in [5.41, 5.74) is 8.58. The first-order valence-electron chi connectivity index (χ1n) is 7.94. The number of rotatable bonds is 3. The van der Waals surface area contributed by atoms with Crippen LogP contribution in [0, 0.1) is 0 Å². The Morgan fingerprint density at radius 2 is 1.81 bits per heavy atom. The molecule has 0 spiro atoms. The van der Waals surface area contributed by atoms with Crippen LogP contribution in [0.25, 0.3) is 0 Å². The Kier molecular flexibility index (Phi) is 4.00. The highest BCUT2D eigenvalue weighted by Gasteiger charge is 2.34. The van der Waals surface area contributed by atoms with Gasteiger partial charge in [0, 0.05) is 30.7 Å². The monoisotopic (exact) mass is 287 g/mol. The molecule has 1 saturated heterocycles. The molecule has 1 saturated carbocycles. The summed E-state index contributed by atoms with van der Waals surface area (Å²) in [4.78, 5) is 16.1. The second-order valence-corrected chi connectivity index (χ2v) is 6.52. The summed E-state index contributed by atoms with van der Waals surface area (Å²) in [7, 11) is 1.99. The highest BCUT2D eigenvalue weighted by molar-refractivity contribution is 5.95. The maximum absolute atomic E-state index is 12.1. The van der Waals surface area contributed by atoms with E-state index in [1.165, 1.54) is 31.2 Å². The summed E-state index contributed by atoms with van der Waals surface area (Å²) in [6.45, 7) is 2.94. The van der Waals surface area contributed by atoms with Crippen molar-refractivity contribution in [2.24, 2.45) is 5.73 Å². The van der Waals surface area contributed by atoms with Crippen molar-refractivity contribution in [3.05, 3.63) is 29.8 Å². The first-order valence-corrected chi connectivity index (χ1v) is 7.94. The van der Waals surface area contributed by atoms with Crippen LogP contribution in [-0.4, -0.2) is 44.0 Å². The maximum Gasteiger partial charge on any atom is 0.241 e. The number of likely N-dealkylation sites (N-methyl/N-ethyl adjacent to an activating group) is 1. The Hall–Kier alpha value is -1.39. The molecule has 1 amide bonds. The number of carbonyl (C=O) groups is 1. The van der Waals surface area contributed by atoms with Crippen LogP contribution in [0.2, 0.25) is 0 Å². The lowest BCUT2D eigenvalue weighted by Gasteiger charge is -2.33. The van der Waals surface area contributed by atoms with Gasteiger partial charge in [-0.1, -0.05) is 25.0 Å². The zero-order valence-electron chi connectivity index (χ0n) is 12.8. The minimum absolute atomic E-state index is 0.171. The number of nitrogens with zero attached hydrogens (tertiary/aromatic N) is 2. The van der Waals surface area contributed by atoms with E-state index in [1.54, 1.807) is 0 Å². The molecule has 0 radical (unpaired) electrons. The largest absolute Gasteiger partial charge is 0.330 e. The molecule has 0 aromatic heterocycles. The number of nitrogens with two attached hydrogens (primary N) is 1. The zero-order chi connectivity index (χ0) is 14.9. The van der Waals surface area contributed by atoms with Gasteiger partial charge in [0.2, 0.25) is 5.91 Å². The lowest BCUT2D eigenvalue weighted by molar-refractivity contribution is -0.120. The number of hydrogen-bond donors (Lipinski definition) is 1. The van der Waals surface area contributed by atoms with Crippen molar-refractivity contribution in [3.8, 4) is 0 Å². The van der Waals surface area contributed by atoms with E-state index < -0.39 is 0 Å². The van der Waals surface area contributed by atoms with Crippen molar-refractivity contribution >= 4 is 11.6 Å². The molecule has 3 rings (SSSR count). The SMILES string of the molecule is CN1CCN(c2ccc(C3(CN)CCCC3)cc2)C(=O)C1. The van der Waals surface area contributed by atoms with Crippen molar-refractivity contribution in [1.29, 1.82) is 0 Å². The fourth-order valence-corrected chi connectivity index (χ4v) is 3.72. The van der Waals surface area contributed by atoms with Gasteiger partial charge in [0.15, 0.2) is 0 Å². The van der Waals surface area contributed by atoms with Crippen LogP contribution < -0.4 is 10.6 Å². The summed E-state index contributed by atoms with van der Waals surface area (Å²) in [5.74, 6) is 0.186. The van der Waals surface area contributed by atoms with Crippen LogP contribution in [0.15, 0.2) is 24.3 Å². The lowest BCUT2D eigenvalue weighted by Crippen LogP contribution is -2.48. The van der Waals surface area contributed by atoms with Gasteiger partial charge in [0.25, 0.3) is 0 Å². The van der Waals surface area contributed by atoms with Gasteiger partial charge >= 0.3 is 0 Å². The van der Waals surface area contributed by atoms with Crippen molar-refractivity contribution in [3.63, 3.8) is 0 Å². The van der Waals surface area contributed by atoms with Gasteiger partial charge < -0.3 is 10.6 Å². The van der Waals surface area contributed by atoms with E-state index in [-0.39, 0.29) is 11.3 Å². The molecule has 0 bridgehead atoms. The summed E-state index contributed by atoms with van der Waals surface area (Å²) in [5, 5.41) is 0. The minimum atomic E-state index is 0.171. The molecule has 1 aromatic carbocycles. The Balaban J connectivity index is 1.79. The van der Waals surface area contributed by atoms with Gasteiger partial charge in [0.1, 0.15) is 0 Å². The fourth-order valence-electron chi connectivity index (χ4n) is 3.72. The smallest absolute Gasteiger partial charge is 0.241 e. The number of hydrogen-bond acceptors (Lipinski definition) is 3. The van der Waals surface area contributed by atoms with Gasteiger partial charge in [-0.3, -0.25) is 9.69 Å². The van der Waals surface area contributed by atoms with E-state index in [1.807, 2.05) is 11.9 Å². The van der Waals surface area contributed by atoms with Gasteiger partial charge in [-0.15, -0.1) is 0 Å². The number of piperazine rings is 1. The minimum Gasteiger partial charge on any atom is -0.330 e. The molecule has 0 atom stereocenters. The fraction of sp³-hybridized carbons (Fsp3) is 0.588. The highest BCUT2D eigenvalue weighted by atomic mass is 16.2. The van der Waals surface area contributed by atoms with Crippen molar-refractivity contribution < 1.29 is 4.79 Å². The van der Waals surface area contributed by atoms with E-state index in [2.05, 4.69) is 29.2 Å². The Morgan fingerprint density at radius 1 is 1.14 bits per heavy atom. The van der Waals surface area contributed by atoms with Crippen LogP contribution in [0.5, 0.6) is 0 Å². The molecule has 1 aromatic rings. The molecule has 2 N–H and O–H groups in total. The number of amides is 1. The molecule has 1 heterocycles. The van der Waals surface area contributed by atoms with E-state index >= 15 is 0 Å². The Bertz CT molecular complexity index is 505. The van der Waals surface area contributed by atoms with E-state index in [0.717, 1.165) is 25.3 Å². The molecule has 1 aliphatic heterocycles. The summed E-state index contributed by atoms with van der Waals surface area (Å²) < 4.78 is 0. The molecule has 114 valence electrons. The standard InChI is InChI=1S/C17H25N3O/c1-19-10-11-20(16(21)12-19)15-6-4-14(5-7-15)17(13-18)8-2-3-9-17/h4-7H,2-3,8-13,18H2,1H3. The first-order chi connectivity index (χ1) is 10.1. The normalized spacial score (nSPS) is 22.8. The molecular formula is C17H25N3O. The lowest BCUT2D eigenvalue weighted by atomic mass is 9.79. The molecule has 0 unspecified atom stereocenters. The molecule has 4 heteroatoms. The predicted molar refractivity (Wildman–Crippen MR) is 85.5 cm³/mol. The third-order valence-electron chi connectivity index (χ3n) is 5.15. The maximum atomic E-state index is 12.1. The van der Waals surface area contributed by atoms with E-state index in [9.17, 15) is 4.79 Å². The van der Waals surface area contributed by atoms with Crippen LogP contribution in [0.3, 0.4) is 0 Å².